The van der Waals surface area contributed by atoms with Crippen molar-refractivity contribution in [1.29, 1.82) is 0 Å². The largest absolute Gasteiger partial charge is 0.324 e. The first-order chi connectivity index (χ1) is 8.39. The third-order valence-electron chi connectivity index (χ3n) is 4.26. The van der Waals surface area contributed by atoms with Crippen molar-refractivity contribution < 1.29 is 4.79 Å². The second-order valence-corrected chi connectivity index (χ2v) is 6.74. The normalized spacial score (nSPS) is 24.9. The molecule has 0 atom stereocenters. The molecular formula is C14H27N3O. The molecule has 0 aromatic heterocycles. The summed E-state index contributed by atoms with van der Waals surface area (Å²) in [7, 11) is 0. The molecule has 0 radical (unpaired) electrons. The standard InChI is InChI=1S/C14H27N3O/c1-12(2)15-7-9-16(10-8-15)13(18)17-6-5-14(3,4)11-17/h12H,5-11H2,1-4H3. The van der Waals surface area contributed by atoms with E-state index in [2.05, 4.69) is 32.6 Å². The van der Waals surface area contributed by atoms with Gasteiger partial charge in [0, 0.05) is 45.3 Å². The van der Waals surface area contributed by atoms with Gasteiger partial charge in [-0.25, -0.2) is 4.79 Å². The maximum Gasteiger partial charge on any atom is 0.320 e. The Bertz CT molecular complexity index is 306. The van der Waals surface area contributed by atoms with Gasteiger partial charge in [-0.05, 0) is 25.7 Å². The molecule has 104 valence electrons. The zero-order valence-electron chi connectivity index (χ0n) is 12.3. The van der Waals surface area contributed by atoms with Gasteiger partial charge in [0.1, 0.15) is 0 Å². The van der Waals surface area contributed by atoms with Gasteiger partial charge in [0.2, 0.25) is 0 Å². The fourth-order valence-electron chi connectivity index (χ4n) is 2.91. The highest BCUT2D eigenvalue weighted by molar-refractivity contribution is 5.75. The Labute approximate surface area is 111 Å². The molecular weight excluding hydrogens is 226 g/mol. The van der Waals surface area contributed by atoms with Crippen LogP contribution in [0.2, 0.25) is 0 Å². The van der Waals surface area contributed by atoms with Crippen molar-refractivity contribution >= 4 is 6.03 Å². The molecule has 0 N–H and O–H groups in total. The van der Waals surface area contributed by atoms with E-state index in [9.17, 15) is 4.79 Å². The van der Waals surface area contributed by atoms with Crippen LogP contribution in [0.5, 0.6) is 0 Å². The van der Waals surface area contributed by atoms with Gasteiger partial charge in [0.05, 0.1) is 0 Å². The summed E-state index contributed by atoms with van der Waals surface area (Å²) in [4.78, 5) is 18.9. The van der Waals surface area contributed by atoms with Crippen LogP contribution in [0.3, 0.4) is 0 Å². The van der Waals surface area contributed by atoms with Gasteiger partial charge in [-0.1, -0.05) is 13.8 Å². The highest BCUT2D eigenvalue weighted by atomic mass is 16.2. The second-order valence-electron chi connectivity index (χ2n) is 6.74. The molecule has 4 heteroatoms. The number of nitrogens with zero attached hydrogens (tertiary/aromatic N) is 3. The second kappa shape index (κ2) is 5.08. The van der Waals surface area contributed by atoms with E-state index in [0.29, 0.717) is 11.5 Å². The number of likely N-dealkylation sites (tertiary alicyclic amines) is 1. The van der Waals surface area contributed by atoms with Crippen LogP contribution < -0.4 is 0 Å². The van der Waals surface area contributed by atoms with E-state index in [1.165, 1.54) is 0 Å². The molecule has 0 spiro atoms. The van der Waals surface area contributed by atoms with Gasteiger partial charge < -0.3 is 9.80 Å². The molecule has 0 unspecified atom stereocenters. The predicted octanol–water partition coefficient (Wildman–Crippen LogP) is 1.86. The Morgan fingerprint density at radius 3 is 2.06 bits per heavy atom. The average molecular weight is 253 g/mol. The summed E-state index contributed by atoms with van der Waals surface area (Å²) in [6, 6.07) is 0.844. The predicted molar refractivity (Wildman–Crippen MR) is 73.6 cm³/mol. The van der Waals surface area contributed by atoms with Crippen molar-refractivity contribution in [2.45, 2.75) is 40.2 Å². The van der Waals surface area contributed by atoms with Crippen molar-refractivity contribution in [3.8, 4) is 0 Å². The van der Waals surface area contributed by atoms with E-state index in [1.807, 2.05) is 9.80 Å². The third-order valence-corrected chi connectivity index (χ3v) is 4.26. The van der Waals surface area contributed by atoms with E-state index in [1.54, 1.807) is 0 Å². The molecule has 2 fully saturated rings. The molecule has 0 aromatic rings. The number of hydrogen-bond donors (Lipinski definition) is 0. The van der Waals surface area contributed by atoms with Crippen molar-refractivity contribution in [2.75, 3.05) is 39.3 Å². The van der Waals surface area contributed by atoms with Crippen LogP contribution in [0.4, 0.5) is 4.79 Å². The maximum absolute atomic E-state index is 12.4. The van der Waals surface area contributed by atoms with Crippen LogP contribution in [0, 0.1) is 5.41 Å². The van der Waals surface area contributed by atoms with Gasteiger partial charge in [-0.3, -0.25) is 4.90 Å². The van der Waals surface area contributed by atoms with Gasteiger partial charge in [-0.15, -0.1) is 0 Å². The lowest BCUT2D eigenvalue weighted by Gasteiger charge is -2.38. The van der Waals surface area contributed by atoms with Crippen LogP contribution in [-0.4, -0.2) is 66.0 Å². The van der Waals surface area contributed by atoms with Gasteiger partial charge >= 0.3 is 6.03 Å². The number of piperazine rings is 1. The topological polar surface area (TPSA) is 26.8 Å². The van der Waals surface area contributed by atoms with E-state index in [4.69, 9.17) is 0 Å². The molecule has 2 saturated heterocycles. The minimum absolute atomic E-state index is 0.254. The maximum atomic E-state index is 12.4. The van der Waals surface area contributed by atoms with Crippen LogP contribution in [-0.2, 0) is 0 Å². The first-order valence-electron chi connectivity index (χ1n) is 7.17. The molecule has 0 bridgehead atoms. The summed E-state index contributed by atoms with van der Waals surface area (Å²) in [5, 5.41) is 0. The fraction of sp³-hybridized carbons (Fsp3) is 0.929. The molecule has 2 aliphatic heterocycles. The molecule has 18 heavy (non-hydrogen) atoms. The first kappa shape index (κ1) is 13.7. The highest BCUT2D eigenvalue weighted by Gasteiger charge is 2.34. The molecule has 0 saturated carbocycles. The smallest absolute Gasteiger partial charge is 0.320 e. The Morgan fingerprint density at radius 2 is 1.61 bits per heavy atom. The Balaban J connectivity index is 1.85. The molecule has 2 rings (SSSR count). The van der Waals surface area contributed by atoms with E-state index < -0.39 is 0 Å². The van der Waals surface area contributed by atoms with Crippen molar-refractivity contribution in [3.63, 3.8) is 0 Å². The SMILES string of the molecule is CC(C)N1CCN(C(=O)N2CCC(C)(C)C2)CC1. The van der Waals surface area contributed by atoms with Crippen molar-refractivity contribution in [1.82, 2.24) is 14.7 Å². The Hall–Kier alpha value is -0.770. The lowest BCUT2D eigenvalue weighted by atomic mass is 9.93. The number of rotatable bonds is 1. The molecule has 2 heterocycles. The van der Waals surface area contributed by atoms with Gasteiger partial charge in [-0.2, -0.15) is 0 Å². The van der Waals surface area contributed by atoms with E-state index >= 15 is 0 Å². The number of amides is 2. The lowest BCUT2D eigenvalue weighted by molar-refractivity contribution is 0.101. The minimum atomic E-state index is 0.254. The number of urea groups is 1. The lowest BCUT2D eigenvalue weighted by Crippen LogP contribution is -2.53. The van der Waals surface area contributed by atoms with Crippen LogP contribution >= 0.6 is 0 Å². The third kappa shape index (κ3) is 2.97. The summed E-state index contributed by atoms with van der Waals surface area (Å²) in [5.74, 6) is 0. The number of hydrogen-bond acceptors (Lipinski definition) is 2. The first-order valence-corrected chi connectivity index (χ1v) is 7.17. The monoisotopic (exact) mass is 253 g/mol. The van der Waals surface area contributed by atoms with Gasteiger partial charge in [0.25, 0.3) is 0 Å². The molecule has 2 aliphatic rings. The highest BCUT2D eigenvalue weighted by Crippen LogP contribution is 2.29. The fourth-order valence-corrected chi connectivity index (χ4v) is 2.91. The summed E-state index contributed by atoms with van der Waals surface area (Å²) in [5.41, 5.74) is 0.301. The summed E-state index contributed by atoms with van der Waals surface area (Å²) < 4.78 is 0. The van der Waals surface area contributed by atoms with E-state index in [0.717, 1.165) is 45.7 Å². The molecule has 0 aliphatic carbocycles. The Morgan fingerprint density at radius 1 is 1.00 bits per heavy atom. The quantitative estimate of drug-likeness (QED) is 0.713. The average Bonchev–Trinajstić information content (AvgIpc) is 2.69. The summed E-state index contributed by atoms with van der Waals surface area (Å²) in [6.07, 6.45) is 1.13. The number of carbonyl (C=O) groups excluding carboxylic acids is 1. The zero-order valence-corrected chi connectivity index (χ0v) is 12.3. The van der Waals surface area contributed by atoms with Crippen LogP contribution in [0.15, 0.2) is 0 Å². The molecule has 2 amide bonds. The van der Waals surface area contributed by atoms with Crippen LogP contribution in [0.1, 0.15) is 34.1 Å². The Kier molecular flexibility index (Phi) is 3.85. The minimum Gasteiger partial charge on any atom is -0.324 e. The van der Waals surface area contributed by atoms with Crippen molar-refractivity contribution in [2.24, 2.45) is 5.41 Å². The molecule has 0 aromatic carbocycles. The van der Waals surface area contributed by atoms with E-state index in [-0.39, 0.29) is 6.03 Å². The number of carbonyl (C=O) groups is 1. The van der Waals surface area contributed by atoms with Crippen LogP contribution in [0.25, 0.3) is 0 Å². The molecule has 4 nitrogen and oxygen atoms in total. The van der Waals surface area contributed by atoms with Crippen molar-refractivity contribution in [3.05, 3.63) is 0 Å². The van der Waals surface area contributed by atoms with Gasteiger partial charge in [0.15, 0.2) is 0 Å². The zero-order chi connectivity index (χ0) is 13.3. The summed E-state index contributed by atoms with van der Waals surface area (Å²) >= 11 is 0. The summed E-state index contributed by atoms with van der Waals surface area (Å²) in [6.45, 7) is 14.6.